The Kier molecular flexibility index (Phi) is 3.06. The van der Waals surface area contributed by atoms with E-state index in [2.05, 4.69) is 10.2 Å². The Morgan fingerprint density at radius 1 is 1.50 bits per heavy atom. The third-order valence-electron chi connectivity index (χ3n) is 2.19. The molecule has 2 aromatic rings. The third kappa shape index (κ3) is 2.35. The molecule has 0 atom stereocenters. The summed E-state index contributed by atoms with van der Waals surface area (Å²) in [5.74, 6) is -1.20. The predicted octanol–water partition coefficient (Wildman–Crippen LogP) is 1.95. The largest absolute Gasteiger partial charge is 0.422 e. The number of aryl methyl sites for hydroxylation is 1. The number of esters is 1. The van der Waals surface area contributed by atoms with Gasteiger partial charge >= 0.3 is 5.97 Å². The number of ether oxygens (including phenoxy) is 1. The molecule has 1 aromatic heterocycles. The van der Waals surface area contributed by atoms with Gasteiger partial charge in [-0.2, -0.15) is 10.4 Å². The van der Waals surface area contributed by atoms with Gasteiger partial charge in [-0.25, -0.2) is 9.18 Å². The summed E-state index contributed by atoms with van der Waals surface area (Å²) >= 11 is 0. The number of nitriles is 1. The minimum atomic E-state index is -0.658. The van der Waals surface area contributed by atoms with Crippen LogP contribution in [-0.4, -0.2) is 16.2 Å². The van der Waals surface area contributed by atoms with Gasteiger partial charge in [0.2, 0.25) is 0 Å². The smallest absolute Gasteiger partial charge is 0.361 e. The van der Waals surface area contributed by atoms with Gasteiger partial charge in [0, 0.05) is 6.07 Å². The zero-order valence-corrected chi connectivity index (χ0v) is 9.40. The molecular formula is C12H8FN3O2. The predicted molar refractivity (Wildman–Crippen MR) is 59.4 cm³/mol. The second kappa shape index (κ2) is 4.67. The normalized spacial score (nSPS) is 9.83. The van der Waals surface area contributed by atoms with Crippen LogP contribution in [0.3, 0.4) is 0 Å². The van der Waals surface area contributed by atoms with Gasteiger partial charge < -0.3 is 4.74 Å². The first-order valence-corrected chi connectivity index (χ1v) is 5.04. The molecule has 0 radical (unpaired) electrons. The van der Waals surface area contributed by atoms with Crippen LogP contribution >= 0.6 is 0 Å². The van der Waals surface area contributed by atoms with Crippen LogP contribution in [-0.2, 0) is 0 Å². The van der Waals surface area contributed by atoms with Crippen molar-refractivity contribution in [2.24, 2.45) is 0 Å². The molecule has 6 heteroatoms. The zero-order chi connectivity index (χ0) is 13.1. The molecule has 18 heavy (non-hydrogen) atoms. The maximum Gasteiger partial charge on any atom is 0.361 e. The first-order valence-electron chi connectivity index (χ1n) is 5.04. The molecule has 90 valence electrons. The van der Waals surface area contributed by atoms with Crippen LogP contribution in [0.5, 0.6) is 5.75 Å². The van der Waals surface area contributed by atoms with Crippen LogP contribution in [0.1, 0.15) is 21.7 Å². The summed E-state index contributed by atoms with van der Waals surface area (Å²) in [4.78, 5) is 11.6. The molecule has 0 unspecified atom stereocenters. The fourth-order valence-corrected chi connectivity index (χ4v) is 1.34. The van der Waals surface area contributed by atoms with E-state index >= 15 is 0 Å². The van der Waals surface area contributed by atoms with E-state index in [4.69, 9.17) is 10.00 Å². The van der Waals surface area contributed by atoms with E-state index in [9.17, 15) is 9.18 Å². The van der Waals surface area contributed by atoms with Gasteiger partial charge in [-0.15, -0.1) is 0 Å². The highest BCUT2D eigenvalue weighted by Gasteiger charge is 2.12. The standard InChI is InChI=1S/C12H8FN3O2/c1-7-4-11(16-15-7)12(17)18-9-2-3-10(13)8(5-9)6-14/h2-5H,1H3,(H,15,16). The molecule has 0 aliphatic heterocycles. The molecule has 0 fully saturated rings. The van der Waals surface area contributed by atoms with Crippen molar-refractivity contribution in [1.82, 2.24) is 10.2 Å². The van der Waals surface area contributed by atoms with Gasteiger partial charge in [0.25, 0.3) is 0 Å². The van der Waals surface area contributed by atoms with Crippen molar-refractivity contribution in [3.8, 4) is 11.8 Å². The van der Waals surface area contributed by atoms with Crippen molar-refractivity contribution in [3.63, 3.8) is 0 Å². The van der Waals surface area contributed by atoms with Gasteiger partial charge in [0.1, 0.15) is 23.3 Å². The molecule has 2 rings (SSSR count). The Morgan fingerprint density at radius 3 is 2.89 bits per heavy atom. The summed E-state index contributed by atoms with van der Waals surface area (Å²) in [7, 11) is 0. The number of halogens is 1. The molecule has 0 aliphatic carbocycles. The molecule has 0 saturated heterocycles. The number of hydrogen-bond acceptors (Lipinski definition) is 4. The highest BCUT2D eigenvalue weighted by Crippen LogP contribution is 2.17. The molecule has 1 heterocycles. The first-order chi connectivity index (χ1) is 8.60. The number of carbonyl (C=O) groups excluding carboxylic acids is 1. The summed E-state index contributed by atoms with van der Waals surface area (Å²) in [5, 5.41) is 14.9. The maximum absolute atomic E-state index is 13.1. The summed E-state index contributed by atoms with van der Waals surface area (Å²) in [5.41, 5.74) is 0.662. The lowest BCUT2D eigenvalue weighted by Crippen LogP contribution is -2.09. The van der Waals surface area contributed by atoms with Crippen molar-refractivity contribution < 1.29 is 13.9 Å². The Hall–Kier alpha value is -2.68. The lowest BCUT2D eigenvalue weighted by atomic mass is 10.2. The Balaban J connectivity index is 2.20. The molecule has 1 N–H and O–H groups in total. The number of nitrogens with one attached hydrogen (secondary N) is 1. The Morgan fingerprint density at radius 2 is 2.28 bits per heavy atom. The topological polar surface area (TPSA) is 78.8 Å². The minimum Gasteiger partial charge on any atom is -0.422 e. The van der Waals surface area contributed by atoms with E-state index < -0.39 is 11.8 Å². The van der Waals surface area contributed by atoms with Crippen LogP contribution in [0.25, 0.3) is 0 Å². The number of H-pyrrole nitrogens is 1. The lowest BCUT2D eigenvalue weighted by Gasteiger charge is -2.02. The maximum atomic E-state index is 13.1. The van der Waals surface area contributed by atoms with E-state index in [0.29, 0.717) is 5.69 Å². The molecule has 1 aromatic carbocycles. The second-order valence-corrected chi connectivity index (χ2v) is 3.57. The van der Waals surface area contributed by atoms with Crippen LogP contribution < -0.4 is 4.74 Å². The average molecular weight is 245 g/mol. The fraction of sp³-hybridized carbons (Fsp3) is 0.0833. The van der Waals surface area contributed by atoms with Crippen LogP contribution in [0.15, 0.2) is 24.3 Å². The van der Waals surface area contributed by atoms with Crippen molar-refractivity contribution >= 4 is 5.97 Å². The lowest BCUT2D eigenvalue weighted by molar-refractivity contribution is 0.0728. The van der Waals surface area contributed by atoms with Crippen molar-refractivity contribution in [1.29, 1.82) is 5.26 Å². The average Bonchev–Trinajstić information content (AvgIpc) is 2.78. The summed E-state index contributed by atoms with van der Waals surface area (Å²) in [6.45, 7) is 1.72. The first kappa shape index (κ1) is 11.8. The van der Waals surface area contributed by atoms with Crippen LogP contribution in [0.2, 0.25) is 0 Å². The molecular weight excluding hydrogens is 237 g/mol. The quantitative estimate of drug-likeness (QED) is 0.647. The molecule has 0 amide bonds. The molecule has 0 saturated carbocycles. The van der Waals surface area contributed by atoms with Gasteiger partial charge in [0.05, 0.1) is 11.3 Å². The van der Waals surface area contributed by atoms with Gasteiger partial charge in [-0.05, 0) is 25.1 Å². The number of benzene rings is 1. The van der Waals surface area contributed by atoms with Gasteiger partial charge in [-0.3, -0.25) is 5.10 Å². The van der Waals surface area contributed by atoms with Crippen molar-refractivity contribution in [2.45, 2.75) is 6.92 Å². The summed E-state index contributed by atoms with van der Waals surface area (Å²) in [6.07, 6.45) is 0. The Labute approximate surface area is 102 Å². The molecule has 0 bridgehead atoms. The van der Waals surface area contributed by atoms with Gasteiger partial charge in [-0.1, -0.05) is 0 Å². The molecule has 0 aliphatic rings. The van der Waals surface area contributed by atoms with Gasteiger partial charge in [0.15, 0.2) is 0 Å². The van der Waals surface area contributed by atoms with E-state index in [0.717, 1.165) is 12.1 Å². The number of aromatic amines is 1. The highest BCUT2D eigenvalue weighted by atomic mass is 19.1. The van der Waals surface area contributed by atoms with E-state index in [1.165, 1.54) is 12.1 Å². The second-order valence-electron chi connectivity index (χ2n) is 3.57. The summed E-state index contributed by atoms with van der Waals surface area (Å²) < 4.78 is 18.0. The monoisotopic (exact) mass is 245 g/mol. The van der Waals surface area contributed by atoms with Crippen LogP contribution in [0, 0.1) is 24.1 Å². The zero-order valence-electron chi connectivity index (χ0n) is 9.40. The number of nitrogens with zero attached hydrogens (tertiary/aromatic N) is 2. The molecule has 5 nitrogen and oxygen atoms in total. The number of carbonyl (C=O) groups is 1. The number of aromatic nitrogens is 2. The number of hydrogen-bond donors (Lipinski definition) is 1. The van der Waals surface area contributed by atoms with Crippen LogP contribution in [0.4, 0.5) is 4.39 Å². The molecule has 0 spiro atoms. The van der Waals surface area contributed by atoms with E-state index in [1.807, 2.05) is 0 Å². The highest BCUT2D eigenvalue weighted by molar-refractivity contribution is 5.89. The number of rotatable bonds is 2. The van der Waals surface area contributed by atoms with E-state index in [1.54, 1.807) is 13.0 Å². The SMILES string of the molecule is Cc1cc(C(=O)Oc2ccc(F)c(C#N)c2)[nH]n1. The van der Waals surface area contributed by atoms with Crippen molar-refractivity contribution in [3.05, 3.63) is 47.0 Å². The fourth-order valence-electron chi connectivity index (χ4n) is 1.34. The third-order valence-corrected chi connectivity index (χ3v) is 2.19. The minimum absolute atomic E-state index is 0.102. The van der Waals surface area contributed by atoms with E-state index in [-0.39, 0.29) is 17.0 Å². The van der Waals surface area contributed by atoms with Crippen molar-refractivity contribution in [2.75, 3.05) is 0 Å². The Bertz CT molecular complexity index is 643. The summed E-state index contributed by atoms with van der Waals surface area (Å²) in [6, 6.07) is 6.70.